The Morgan fingerprint density at radius 2 is 1.89 bits per heavy atom. The molecule has 18 heavy (non-hydrogen) atoms. The Morgan fingerprint density at radius 3 is 2.61 bits per heavy atom. The second-order valence-corrected chi connectivity index (χ2v) is 4.77. The Kier molecular flexibility index (Phi) is 4.76. The first-order chi connectivity index (χ1) is 8.79. The van der Waals surface area contributed by atoms with Gasteiger partial charge in [0, 0.05) is 17.0 Å². The van der Waals surface area contributed by atoms with E-state index in [4.69, 9.17) is 16.1 Å². The summed E-state index contributed by atoms with van der Waals surface area (Å²) in [6, 6.07) is 7.45. The summed E-state index contributed by atoms with van der Waals surface area (Å²) in [6.45, 7) is 2.20. The Balaban J connectivity index is 1.95. The Morgan fingerprint density at radius 1 is 1.11 bits per heavy atom. The number of hydrogen-bond donors (Lipinski definition) is 0. The summed E-state index contributed by atoms with van der Waals surface area (Å²) in [4.78, 5) is 4.39. The zero-order chi connectivity index (χ0) is 12.8. The van der Waals surface area contributed by atoms with Crippen molar-refractivity contribution in [1.82, 2.24) is 10.1 Å². The number of rotatable bonds is 6. The number of nitrogens with zero attached hydrogens (tertiary/aromatic N) is 2. The molecule has 1 heterocycles. The SMILES string of the molecule is CCCCCCc1nc(-c2ccc(Cl)cc2)no1. The molecule has 1 aromatic heterocycles. The van der Waals surface area contributed by atoms with Crippen LogP contribution in [0.2, 0.25) is 5.02 Å². The van der Waals surface area contributed by atoms with Gasteiger partial charge in [0.2, 0.25) is 11.7 Å². The van der Waals surface area contributed by atoms with Crippen molar-refractivity contribution in [3.05, 3.63) is 35.2 Å². The van der Waals surface area contributed by atoms with E-state index >= 15 is 0 Å². The van der Waals surface area contributed by atoms with Crippen molar-refractivity contribution in [1.29, 1.82) is 0 Å². The maximum absolute atomic E-state index is 5.84. The van der Waals surface area contributed by atoms with Crippen LogP contribution in [0.15, 0.2) is 28.8 Å². The third-order valence-corrected chi connectivity index (χ3v) is 3.07. The van der Waals surface area contributed by atoms with E-state index in [-0.39, 0.29) is 0 Å². The third kappa shape index (κ3) is 3.57. The zero-order valence-electron chi connectivity index (χ0n) is 10.5. The summed E-state index contributed by atoms with van der Waals surface area (Å²) in [6.07, 6.45) is 5.68. The lowest BCUT2D eigenvalue weighted by atomic mass is 10.1. The lowest BCUT2D eigenvalue weighted by molar-refractivity contribution is 0.374. The molecule has 0 fully saturated rings. The molecule has 0 aliphatic carbocycles. The average Bonchev–Trinajstić information content (AvgIpc) is 2.84. The predicted octanol–water partition coefficient (Wildman–Crippen LogP) is 4.51. The molecule has 0 spiro atoms. The Hall–Kier alpha value is -1.35. The summed E-state index contributed by atoms with van der Waals surface area (Å²) >= 11 is 5.84. The Bertz CT molecular complexity index is 479. The van der Waals surface area contributed by atoms with Gasteiger partial charge in [-0.25, -0.2) is 0 Å². The van der Waals surface area contributed by atoms with E-state index in [1.807, 2.05) is 24.3 Å². The van der Waals surface area contributed by atoms with Gasteiger partial charge in [-0.1, -0.05) is 42.9 Å². The highest BCUT2D eigenvalue weighted by Crippen LogP contribution is 2.19. The molecule has 0 bridgehead atoms. The van der Waals surface area contributed by atoms with Crippen molar-refractivity contribution < 1.29 is 4.52 Å². The zero-order valence-corrected chi connectivity index (χ0v) is 11.3. The second kappa shape index (κ2) is 6.55. The quantitative estimate of drug-likeness (QED) is 0.721. The number of aromatic nitrogens is 2. The fourth-order valence-electron chi connectivity index (χ4n) is 1.78. The molecule has 0 radical (unpaired) electrons. The molecular weight excluding hydrogens is 248 g/mol. The molecule has 0 amide bonds. The van der Waals surface area contributed by atoms with Crippen molar-refractivity contribution in [3.63, 3.8) is 0 Å². The molecular formula is C14H17ClN2O. The van der Waals surface area contributed by atoms with Gasteiger partial charge in [-0.05, 0) is 30.7 Å². The van der Waals surface area contributed by atoms with Crippen LogP contribution in [0.1, 0.15) is 38.5 Å². The number of halogens is 1. The van der Waals surface area contributed by atoms with Gasteiger partial charge < -0.3 is 4.52 Å². The molecule has 3 nitrogen and oxygen atoms in total. The van der Waals surface area contributed by atoms with Crippen LogP contribution in [0, 0.1) is 0 Å². The summed E-state index contributed by atoms with van der Waals surface area (Å²) < 4.78 is 5.24. The van der Waals surface area contributed by atoms with E-state index in [9.17, 15) is 0 Å². The third-order valence-electron chi connectivity index (χ3n) is 2.81. The fraction of sp³-hybridized carbons (Fsp3) is 0.429. The molecule has 0 aliphatic heterocycles. The van der Waals surface area contributed by atoms with Gasteiger partial charge in [-0.2, -0.15) is 4.98 Å². The van der Waals surface area contributed by atoms with E-state index in [1.54, 1.807) is 0 Å². The molecule has 0 aliphatic rings. The first-order valence-electron chi connectivity index (χ1n) is 6.38. The molecule has 0 atom stereocenters. The monoisotopic (exact) mass is 264 g/mol. The molecule has 4 heteroatoms. The molecule has 2 aromatic rings. The van der Waals surface area contributed by atoms with Crippen LogP contribution >= 0.6 is 11.6 Å². The van der Waals surface area contributed by atoms with Crippen LogP contribution in [0.25, 0.3) is 11.4 Å². The highest BCUT2D eigenvalue weighted by molar-refractivity contribution is 6.30. The van der Waals surface area contributed by atoms with Gasteiger partial charge >= 0.3 is 0 Å². The number of hydrogen-bond acceptors (Lipinski definition) is 3. The minimum Gasteiger partial charge on any atom is -0.339 e. The van der Waals surface area contributed by atoms with Gasteiger partial charge in [-0.15, -0.1) is 0 Å². The van der Waals surface area contributed by atoms with E-state index in [2.05, 4.69) is 17.1 Å². The topological polar surface area (TPSA) is 38.9 Å². The minimum atomic E-state index is 0.636. The molecule has 2 rings (SSSR count). The standard InChI is InChI=1S/C14H17ClN2O/c1-2-3-4-5-6-13-16-14(17-18-13)11-7-9-12(15)10-8-11/h7-10H,2-6H2,1H3. The number of unbranched alkanes of at least 4 members (excludes halogenated alkanes) is 3. The molecule has 0 saturated carbocycles. The van der Waals surface area contributed by atoms with Gasteiger partial charge in [0.1, 0.15) is 0 Å². The van der Waals surface area contributed by atoms with Crippen molar-refractivity contribution in [3.8, 4) is 11.4 Å². The lowest BCUT2D eigenvalue weighted by Crippen LogP contribution is -1.86. The largest absolute Gasteiger partial charge is 0.339 e. The molecule has 96 valence electrons. The summed E-state index contributed by atoms with van der Waals surface area (Å²) in [5, 5.41) is 4.70. The van der Waals surface area contributed by atoms with Crippen LogP contribution in [0.4, 0.5) is 0 Å². The van der Waals surface area contributed by atoms with Crippen LogP contribution < -0.4 is 0 Å². The van der Waals surface area contributed by atoms with Gasteiger partial charge in [-0.3, -0.25) is 0 Å². The van der Waals surface area contributed by atoms with Gasteiger partial charge in [0.25, 0.3) is 0 Å². The van der Waals surface area contributed by atoms with Crippen LogP contribution in [0.5, 0.6) is 0 Å². The van der Waals surface area contributed by atoms with Crippen LogP contribution in [-0.2, 0) is 6.42 Å². The van der Waals surface area contributed by atoms with Crippen LogP contribution in [0.3, 0.4) is 0 Å². The normalized spacial score (nSPS) is 10.8. The molecule has 0 unspecified atom stereocenters. The summed E-state index contributed by atoms with van der Waals surface area (Å²) in [5.74, 6) is 1.35. The van der Waals surface area contributed by atoms with E-state index in [1.165, 1.54) is 19.3 Å². The van der Waals surface area contributed by atoms with Crippen molar-refractivity contribution in [2.75, 3.05) is 0 Å². The maximum Gasteiger partial charge on any atom is 0.226 e. The first kappa shape index (κ1) is 13.1. The summed E-state index contributed by atoms with van der Waals surface area (Å²) in [5.41, 5.74) is 0.933. The van der Waals surface area contributed by atoms with Gasteiger partial charge in [0.05, 0.1) is 0 Å². The molecule has 1 aromatic carbocycles. The molecule has 0 N–H and O–H groups in total. The van der Waals surface area contributed by atoms with E-state index in [0.29, 0.717) is 10.8 Å². The van der Waals surface area contributed by atoms with E-state index in [0.717, 1.165) is 24.3 Å². The highest BCUT2D eigenvalue weighted by atomic mass is 35.5. The van der Waals surface area contributed by atoms with Crippen molar-refractivity contribution in [2.24, 2.45) is 0 Å². The minimum absolute atomic E-state index is 0.636. The molecule has 0 saturated heterocycles. The van der Waals surface area contributed by atoms with Crippen LogP contribution in [-0.4, -0.2) is 10.1 Å². The second-order valence-electron chi connectivity index (χ2n) is 4.33. The maximum atomic E-state index is 5.84. The smallest absolute Gasteiger partial charge is 0.226 e. The lowest BCUT2D eigenvalue weighted by Gasteiger charge is -1.94. The van der Waals surface area contributed by atoms with Crippen molar-refractivity contribution >= 4 is 11.6 Å². The fourth-order valence-corrected chi connectivity index (χ4v) is 1.90. The highest BCUT2D eigenvalue weighted by Gasteiger charge is 2.07. The Labute approximate surface area is 112 Å². The average molecular weight is 265 g/mol. The first-order valence-corrected chi connectivity index (χ1v) is 6.76. The predicted molar refractivity (Wildman–Crippen MR) is 72.6 cm³/mol. The summed E-state index contributed by atoms with van der Waals surface area (Å²) in [7, 11) is 0. The van der Waals surface area contributed by atoms with Gasteiger partial charge in [0.15, 0.2) is 0 Å². The van der Waals surface area contributed by atoms with Crippen molar-refractivity contribution in [2.45, 2.75) is 39.0 Å². The number of aryl methyl sites for hydroxylation is 1. The number of benzene rings is 1. The van der Waals surface area contributed by atoms with E-state index < -0.39 is 0 Å².